The van der Waals surface area contributed by atoms with Crippen molar-refractivity contribution < 1.29 is 4.42 Å². The molecule has 0 aromatic carbocycles. The van der Waals surface area contributed by atoms with Gasteiger partial charge in [0.2, 0.25) is 0 Å². The number of hydrazine groups is 1. The maximum Gasteiger partial charge on any atom is 0.142 e. The highest BCUT2D eigenvalue weighted by atomic mass is 16.3. The summed E-state index contributed by atoms with van der Waals surface area (Å²) in [6, 6.07) is 9.52. The molecule has 5 heteroatoms. The van der Waals surface area contributed by atoms with E-state index in [1.165, 1.54) is 0 Å². The van der Waals surface area contributed by atoms with E-state index in [-0.39, 0.29) is 6.04 Å². The molecule has 0 bridgehead atoms. The van der Waals surface area contributed by atoms with Gasteiger partial charge in [0.15, 0.2) is 0 Å². The highest BCUT2D eigenvalue weighted by molar-refractivity contribution is 5.45. The molecule has 0 saturated heterocycles. The zero-order valence-corrected chi connectivity index (χ0v) is 9.90. The molecule has 0 amide bonds. The summed E-state index contributed by atoms with van der Waals surface area (Å²) in [6.07, 6.45) is 0. The molecule has 2 aromatic heterocycles. The van der Waals surface area contributed by atoms with Gasteiger partial charge in [-0.25, -0.2) is 10.8 Å². The van der Waals surface area contributed by atoms with Crippen LogP contribution in [-0.4, -0.2) is 4.98 Å². The lowest BCUT2D eigenvalue weighted by molar-refractivity contribution is 0.466. The van der Waals surface area contributed by atoms with E-state index in [4.69, 9.17) is 10.3 Å². The van der Waals surface area contributed by atoms with Crippen molar-refractivity contribution in [2.24, 2.45) is 5.84 Å². The minimum Gasteiger partial charge on any atom is -0.464 e. The predicted octanol–water partition coefficient (Wildman–Crippen LogP) is 2.44. The number of nitrogens with two attached hydrogens (primary N) is 1. The zero-order chi connectivity index (χ0) is 12.3. The van der Waals surface area contributed by atoms with Gasteiger partial charge in [0.05, 0.1) is 6.04 Å². The second kappa shape index (κ2) is 4.88. The van der Waals surface area contributed by atoms with Crippen LogP contribution in [0.15, 0.2) is 34.7 Å². The fourth-order valence-electron chi connectivity index (χ4n) is 1.57. The number of nitrogens with zero attached hydrogens (tertiary/aromatic N) is 1. The summed E-state index contributed by atoms with van der Waals surface area (Å²) < 4.78 is 5.54. The molecular weight excluding hydrogens is 216 g/mol. The zero-order valence-electron chi connectivity index (χ0n) is 9.90. The summed E-state index contributed by atoms with van der Waals surface area (Å²) >= 11 is 0. The van der Waals surface area contributed by atoms with Gasteiger partial charge in [-0.05, 0) is 38.1 Å². The van der Waals surface area contributed by atoms with Gasteiger partial charge in [-0.15, -0.1) is 0 Å². The van der Waals surface area contributed by atoms with Gasteiger partial charge in [0, 0.05) is 0 Å². The summed E-state index contributed by atoms with van der Waals surface area (Å²) in [7, 11) is 0. The van der Waals surface area contributed by atoms with Crippen molar-refractivity contribution in [3.05, 3.63) is 41.9 Å². The quantitative estimate of drug-likeness (QED) is 0.557. The molecule has 1 unspecified atom stereocenters. The average Bonchev–Trinajstić information content (AvgIpc) is 2.76. The Hall–Kier alpha value is -2.01. The van der Waals surface area contributed by atoms with Crippen LogP contribution in [0.1, 0.15) is 24.5 Å². The van der Waals surface area contributed by atoms with E-state index in [0.717, 1.165) is 17.3 Å². The molecule has 0 saturated carbocycles. The van der Waals surface area contributed by atoms with Crippen molar-refractivity contribution in [3.8, 4) is 0 Å². The first-order chi connectivity index (χ1) is 8.19. The average molecular weight is 232 g/mol. The predicted molar refractivity (Wildman–Crippen MR) is 67.5 cm³/mol. The second-order valence-electron chi connectivity index (χ2n) is 3.87. The molecule has 17 heavy (non-hydrogen) atoms. The molecule has 0 spiro atoms. The maximum atomic E-state index is 5.54. The van der Waals surface area contributed by atoms with Crippen LogP contribution in [-0.2, 0) is 0 Å². The topological polar surface area (TPSA) is 76.1 Å². The third-order valence-corrected chi connectivity index (χ3v) is 2.45. The van der Waals surface area contributed by atoms with Crippen LogP contribution in [0.4, 0.5) is 11.6 Å². The molecule has 4 N–H and O–H groups in total. The van der Waals surface area contributed by atoms with E-state index < -0.39 is 0 Å². The molecule has 0 radical (unpaired) electrons. The standard InChI is InChI=1S/C12H16N4O/c1-8-6-7-10(17-8)9(2)14-11-4-3-5-12(15-11)16-13/h3-7,9H,13H2,1-2H3,(H2,14,15,16). The normalized spacial score (nSPS) is 12.2. The Kier molecular flexibility index (Phi) is 3.30. The first-order valence-corrected chi connectivity index (χ1v) is 5.45. The molecule has 90 valence electrons. The van der Waals surface area contributed by atoms with Crippen molar-refractivity contribution in [3.63, 3.8) is 0 Å². The van der Waals surface area contributed by atoms with Crippen molar-refractivity contribution in [2.75, 3.05) is 10.7 Å². The van der Waals surface area contributed by atoms with Gasteiger partial charge >= 0.3 is 0 Å². The number of nitrogens with one attached hydrogen (secondary N) is 2. The van der Waals surface area contributed by atoms with Gasteiger partial charge in [0.1, 0.15) is 23.2 Å². The molecular formula is C12H16N4O. The molecule has 2 heterocycles. The minimum absolute atomic E-state index is 0.0595. The lowest BCUT2D eigenvalue weighted by Gasteiger charge is -2.12. The van der Waals surface area contributed by atoms with E-state index in [1.54, 1.807) is 6.07 Å². The first-order valence-electron chi connectivity index (χ1n) is 5.45. The Morgan fingerprint density at radius 3 is 2.65 bits per heavy atom. The fraction of sp³-hybridized carbons (Fsp3) is 0.250. The molecule has 0 aliphatic heterocycles. The van der Waals surface area contributed by atoms with Crippen LogP contribution in [0.3, 0.4) is 0 Å². The van der Waals surface area contributed by atoms with Crippen LogP contribution in [0, 0.1) is 6.92 Å². The lowest BCUT2D eigenvalue weighted by atomic mass is 10.2. The molecule has 1 atom stereocenters. The van der Waals surface area contributed by atoms with Gasteiger partial charge in [0.25, 0.3) is 0 Å². The summed E-state index contributed by atoms with van der Waals surface area (Å²) in [4.78, 5) is 4.27. The molecule has 2 aromatic rings. The number of furan rings is 1. The van der Waals surface area contributed by atoms with Crippen LogP contribution in [0.2, 0.25) is 0 Å². The van der Waals surface area contributed by atoms with Crippen LogP contribution < -0.4 is 16.6 Å². The smallest absolute Gasteiger partial charge is 0.142 e. The van der Waals surface area contributed by atoms with Gasteiger partial charge in [-0.2, -0.15) is 0 Å². The Morgan fingerprint density at radius 2 is 2.00 bits per heavy atom. The highest BCUT2D eigenvalue weighted by Crippen LogP contribution is 2.20. The summed E-state index contributed by atoms with van der Waals surface area (Å²) in [5.41, 5.74) is 2.51. The number of hydrogen-bond donors (Lipinski definition) is 3. The largest absolute Gasteiger partial charge is 0.464 e. The second-order valence-corrected chi connectivity index (χ2v) is 3.87. The van der Waals surface area contributed by atoms with Crippen molar-refractivity contribution in [2.45, 2.75) is 19.9 Å². The number of nitrogen functional groups attached to an aromatic ring is 1. The van der Waals surface area contributed by atoms with Crippen molar-refractivity contribution in [1.82, 2.24) is 4.98 Å². The van der Waals surface area contributed by atoms with Gasteiger partial charge in [-0.1, -0.05) is 6.07 Å². The fourth-order valence-corrected chi connectivity index (χ4v) is 1.57. The molecule has 0 aliphatic carbocycles. The lowest BCUT2D eigenvalue weighted by Crippen LogP contribution is -2.11. The van der Waals surface area contributed by atoms with E-state index >= 15 is 0 Å². The number of hydrogen-bond acceptors (Lipinski definition) is 5. The summed E-state index contributed by atoms with van der Waals surface area (Å²) in [5, 5.41) is 3.25. The number of anilines is 2. The van der Waals surface area contributed by atoms with Crippen LogP contribution >= 0.6 is 0 Å². The third kappa shape index (κ3) is 2.76. The van der Waals surface area contributed by atoms with Gasteiger partial charge in [-0.3, -0.25) is 0 Å². The minimum atomic E-state index is 0.0595. The van der Waals surface area contributed by atoms with Crippen molar-refractivity contribution >= 4 is 11.6 Å². The van der Waals surface area contributed by atoms with E-state index in [9.17, 15) is 0 Å². The van der Waals surface area contributed by atoms with E-state index in [2.05, 4.69) is 15.7 Å². The molecule has 5 nitrogen and oxygen atoms in total. The Morgan fingerprint density at radius 1 is 1.24 bits per heavy atom. The Balaban J connectivity index is 2.09. The SMILES string of the molecule is Cc1ccc(C(C)Nc2cccc(NN)n2)o1. The first kappa shape index (κ1) is 11.5. The Labute approximate surface area is 100 Å². The van der Waals surface area contributed by atoms with Crippen LogP contribution in [0.5, 0.6) is 0 Å². The monoisotopic (exact) mass is 232 g/mol. The number of aryl methyl sites for hydroxylation is 1. The molecule has 2 rings (SSSR count). The number of rotatable bonds is 4. The van der Waals surface area contributed by atoms with E-state index in [1.807, 2.05) is 38.1 Å². The number of pyridine rings is 1. The Bertz CT molecular complexity index is 495. The highest BCUT2D eigenvalue weighted by Gasteiger charge is 2.09. The maximum absolute atomic E-state index is 5.54. The van der Waals surface area contributed by atoms with Gasteiger partial charge < -0.3 is 15.2 Å². The summed E-state index contributed by atoms with van der Waals surface area (Å²) in [6.45, 7) is 3.94. The third-order valence-electron chi connectivity index (χ3n) is 2.45. The molecule has 0 aliphatic rings. The number of aromatic nitrogens is 1. The molecule has 0 fully saturated rings. The summed E-state index contributed by atoms with van der Waals surface area (Å²) in [5.74, 6) is 8.47. The van der Waals surface area contributed by atoms with E-state index in [0.29, 0.717) is 5.82 Å². The van der Waals surface area contributed by atoms with Crippen molar-refractivity contribution in [1.29, 1.82) is 0 Å². The van der Waals surface area contributed by atoms with Crippen LogP contribution in [0.25, 0.3) is 0 Å².